The maximum atomic E-state index is 12.6. The van der Waals surface area contributed by atoms with Crippen LogP contribution in [0.5, 0.6) is 0 Å². The zero-order chi connectivity index (χ0) is 19.5. The molecule has 2 atom stereocenters. The number of rotatable bonds is 7. The molecule has 2 rings (SSSR count). The summed E-state index contributed by atoms with van der Waals surface area (Å²) in [7, 11) is -3.09. The van der Waals surface area contributed by atoms with Crippen LogP contribution in [0.25, 0.3) is 0 Å². The number of carbonyl (C=O) groups excluding carboxylic acids is 2. The highest BCUT2D eigenvalue weighted by Crippen LogP contribution is 2.19. The van der Waals surface area contributed by atoms with Gasteiger partial charge < -0.3 is 9.64 Å². The van der Waals surface area contributed by atoms with E-state index in [0.717, 1.165) is 11.4 Å². The summed E-state index contributed by atoms with van der Waals surface area (Å²) >= 11 is 0. The summed E-state index contributed by atoms with van der Waals surface area (Å²) in [6.07, 6.45) is -0.393. The van der Waals surface area contributed by atoms with Crippen LogP contribution in [0.15, 0.2) is 6.07 Å². The van der Waals surface area contributed by atoms with Crippen molar-refractivity contribution in [3.05, 3.63) is 17.5 Å². The standard InChI is InChI=1S/C17H27N3O5S/c1-5-19(15-7-9-26(23,24)11-15)17(22)14(4)25-16(21)6-8-20-13(3)10-12(2)18-20/h10,14-15H,5-9,11H2,1-4H3. The Kier molecular flexibility index (Phi) is 6.44. The van der Waals surface area contributed by atoms with Gasteiger partial charge in [0.05, 0.1) is 30.2 Å². The molecule has 0 saturated carbocycles. The highest BCUT2D eigenvalue weighted by molar-refractivity contribution is 7.91. The van der Waals surface area contributed by atoms with Crippen molar-refractivity contribution in [2.24, 2.45) is 0 Å². The van der Waals surface area contributed by atoms with Crippen LogP contribution in [0.3, 0.4) is 0 Å². The van der Waals surface area contributed by atoms with Gasteiger partial charge in [-0.15, -0.1) is 0 Å². The Morgan fingerprint density at radius 1 is 1.42 bits per heavy atom. The Bertz CT molecular complexity index is 771. The quantitative estimate of drug-likeness (QED) is 0.646. The van der Waals surface area contributed by atoms with Crippen LogP contribution in [-0.4, -0.2) is 65.2 Å². The van der Waals surface area contributed by atoms with Crippen molar-refractivity contribution < 1.29 is 22.7 Å². The lowest BCUT2D eigenvalue weighted by atomic mass is 10.2. The minimum Gasteiger partial charge on any atom is -0.452 e. The van der Waals surface area contributed by atoms with Gasteiger partial charge in [-0.2, -0.15) is 5.10 Å². The van der Waals surface area contributed by atoms with Crippen molar-refractivity contribution in [1.82, 2.24) is 14.7 Å². The van der Waals surface area contributed by atoms with E-state index in [9.17, 15) is 18.0 Å². The molecule has 1 aromatic heterocycles. The second-order valence-corrected chi connectivity index (χ2v) is 8.94. The number of aryl methyl sites for hydroxylation is 3. The number of ether oxygens (including phenoxy) is 1. The molecule has 8 nitrogen and oxygen atoms in total. The number of hydrogen-bond donors (Lipinski definition) is 0. The molecule has 26 heavy (non-hydrogen) atoms. The van der Waals surface area contributed by atoms with Gasteiger partial charge >= 0.3 is 5.97 Å². The van der Waals surface area contributed by atoms with E-state index in [1.165, 1.54) is 11.8 Å². The molecule has 9 heteroatoms. The third-order valence-electron chi connectivity index (χ3n) is 4.56. The second kappa shape index (κ2) is 8.20. The molecule has 1 aliphatic heterocycles. The van der Waals surface area contributed by atoms with Crippen LogP contribution in [0.2, 0.25) is 0 Å². The minimum atomic E-state index is -3.09. The Hall–Kier alpha value is -1.90. The smallest absolute Gasteiger partial charge is 0.308 e. The molecule has 0 radical (unpaired) electrons. The van der Waals surface area contributed by atoms with Gasteiger partial charge in [0.25, 0.3) is 5.91 Å². The van der Waals surface area contributed by atoms with E-state index in [1.54, 1.807) is 11.6 Å². The SMILES string of the molecule is CCN(C(=O)C(C)OC(=O)CCn1nc(C)cc1C)C1CCS(=O)(=O)C1. The van der Waals surface area contributed by atoms with Crippen molar-refractivity contribution in [3.63, 3.8) is 0 Å². The number of sulfone groups is 1. The Labute approximate surface area is 154 Å². The topological polar surface area (TPSA) is 98.6 Å². The van der Waals surface area contributed by atoms with Crippen molar-refractivity contribution in [2.45, 2.75) is 59.2 Å². The van der Waals surface area contributed by atoms with E-state index < -0.39 is 21.9 Å². The summed E-state index contributed by atoms with van der Waals surface area (Å²) in [5.41, 5.74) is 1.84. The lowest BCUT2D eigenvalue weighted by Crippen LogP contribution is -2.46. The molecule has 2 unspecified atom stereocenters. The van der Waals surface area contributed by atoms with Gasteiger partial charge in [-0.05, 0) is 40.2 Å². The molecular weight excluding hydrogens is 358 g/mol. The summed E-state index contributed by atoms with van der Waals surface area (Å²) < 4.78 is 30.3. The third kappa shape index (κ3) is 5.06. The van der Waals surface area contributed by atoms with Crippen molar-refractivity contribution in [1.29, 1.82) is 0 Å². The van der Waals surface area contributed by atoms with Gasteiger partial charge in [0.1, 0.15) is 0 Å². The first-order valence-electron chi connectivity index (χ1n) is 8.84. The van der Waals surface area contributed by atoms with Gasteiger partial charge in [0.2, 0.25) is 0 Å². The molecule has 0 N–H and O–H groups in total. The summed E-state index contributed by atoms with van der Waals surface area (Å²) in [6, 6.07) is 1.58. The number of amides is 1. The highest BCUT2D eigenvalue weighted by Gasteiger charge is 2.36. The van der Waals surface area contributed by atoms with Crippen LogP contribution < -0.4 is 0 Å². The first kappa shape index (κ1) is 20.4. The van der Waals surface area contributed by atoms with E-state index in [2.05, 4.69) is 5.10 Å². The molecule has 0 aromatic carbocycles. The monoisotopic (exact) mass is 385 g/mol. The van der Waals surface area contributed by atoms with Crippen LogP contribution in [0, 0.1) is 13.8 Å². The predicted molar refractivity (Wildman–Crippen MR) is 96.3 cm³/mol. The fraction of sp³-hybridized carbons (Fsp3) is 0.706. The summed E-state index contributed by atoms with van der Waals surface area (Å²) in [5.74, 6) is -0.758. The first-order valence-corrected chi connectivity index (χ1v) is 10.7. The fourth-order valence-electron chi connectivity index (χ4n) is 3.25. The van der Waals surface area contributed by atoms with E-state index in [4.69, 9.17) is 4.74 Å². The molecule has 0 spiro atoms. The Morgan fingerprint density at radius 2 is 2.12 bits per heavy atom. The van der Waals surface area contributed by atoms with E-state index in [-0.39, 0.29) is 29.9 Å². The highest BCUT2D eigenvalue weighted by atomic mass is 32.2. The van der Waals surface area contributed by atoms with Crippen LogP contribution in [0.1, 0.15) is 38.1 Å². The van der Waals surface area contributed by atoms with E-state index >= 15 is 0 Å². The normalized spacial score (nSPS) is 19.9. The van der Waals surface area contributed by atoms with Crippen molar-refractivity contribution >= 4 is 21.7 Å². The van der Waals surface area contributed by atoms with Crippen LogP contribution >= 0.6 is 0 Å². The molecule has 146 valence electrons. The molecule has 1 amide bonds. The number of hydrogen-bond acceptors (Lipinski definition) is 6. The minimum absolute atomic E-state index is 0.0226. The molecule has 2 heterocycles. The van der Waals surface area contributed by atoms with E-state index in [1.807, 2.05) is 19.9 Å². The zero-order valence-electron chi connectivity index (χ0n) is 15.8. The van der Waals surface area contributed by atoms with Gasteiger partial charge in [0, 0.05) is 18.3 Å². The Morgan fingerprint density at radius 3 is 2.62 bits per heavy atom. The van der Waals surface area contributed by atoms with Crippen LogP contribution in [0.4, 0.5) is 0 Å². The molecule has 0 bridgehead atoms. The molecule has 1 saturated heterocycles. The molecular formula is C17H27N3O5S. The maximum absolute atomic E-state index is 12.6. The lowest BCUT2D eigenvalue weighted by molar-refractivity contribution is -0.160. The second-order valence-electron chi connectivity index (χ2n) is 6.71. The number of aromatic nitrogens is 2. The summed E-state index contributed by atoms with van der Waals surface area (Å²) in [5, 5.41) is 4.28. The summed E-state index contributed by atoms with van der Waals surface area (Å²) in [6.45, 7) is 7.87. The van der Waals surface area contributed by atoms with E-state index in [0.29, 0.717) is 19.5 Å². The lowest BCUT2D eigenvalue weighted by Gasteiger charge is -2.29. The fourth-order valence-corrected chi connectivity index (χ4v) is 4.98. The largest absolute Gasteiger partial charge is 0.452 e. The van der Waals surface area contributed by atoms with Gasteiger partial charge in [-0.1, -0.05) is 0 Å². The van der Waals surface area contributed by atoms with Crippen molar-refractivity contribution in [2.75, 3.05) is 18.1 Å². The first-order chi connectivity index (χ1) is 12.1. The van der Waals surface area contributed by atoms with Gasteiger partial charge in [-0.25, -0.2) is 8.42 Å². The number of esters is 1. The van der Waals surface area contributed by atoms with Gasteiger partial charge in [-0.3, -0.25) is 14.3 Å². The summed E-state index contributed by atoms with van der Waals surface area (Å²) in [4.78, 5) is 26.1. The zero-order valence-corrected chi connectivity index (χ0v) is 16.6. The van der Waals surface area contributed by atoms with Gasteiger partial charge in [0.15, 0.2) is 15.9 Å². The molecule has 1 fully saturated rings. The number of carbonyl (C=O) groups is 2. The third-order valence-corrected chi connectivity index (χ3v) is 6.31. The molecule has 1 aliphatic rings. The number of nitrogens with zero attached hydrogens (tertiary/aromatic N) is 3. The predicted octanol–water partition coefficient (Wildman–Crippen LogP) is 0.857. The average molecular weight is 385 g/mol. The molecule has 1 aromatic rings. The number of likely N-dealkylation sites (N-methyl/N-ethyl adjacent to an activating group) is 1. The Balaban J connectivity index is 1.88. The molecule has 0 aliphatic carbocycles. The average Bonchev–Trinajstić information content (AvgIpc) is 3.07. The van der Waals surface area contributed by atoms with Crippen molar-refractivity contribution in [3.8, 4) is 0 Å². The maximum Gasteiger partial charge on any atom is 0.308 e. The van der Waals surface area contributed by atoms with Crippen LogP contribution in [-0.2, 0) is 30.7 Å².